The molecule has 0 atom stereocenters. The first-order chi connectivity index (χ1) is 11.6. The molecule has 142 valence electrons. The highest BCUT2D eigenvalue weighted by molar-refractivity contribution is 14.0. The van der Waals surface area contributed by atoms with E-state index in [-0.39, 0.29) is 34.5 Å². The normalized spacial score (nSPS) is 16.9. The lowest BCUT2D eigenvalue weighted by atomic mass is 9.99. The second-order valence-electron chi connectivity index (χ2n) is 6.13. The largest absolute Gasteiger partial charge is 0.381 e. The summed E-state index contributed by atoms with van der Waals surface area (Å²) < 4.78 is 19.1. The van der Waals surface area contributed by atoms with Crippen LogP contribution in [0.5, 0.6) is 0 Å². The molecule has 0 unspecified atom stereocenters. The number of thioether (sulfide) groups is 1. The maximum atomic E-state index is 13.4. The highest BCUT2D eigenvalue weighted by atomic mass is 127. The summed E-state index contributed by atoms with van der Waals surface area (Å²) in [5, 5.41) is 6.75. The van der Waals surface area contributed by atoms with Crippen molar-refractivity contribution in [1.82, 2.24) is 10.6 Å². The number of hydrogen-bond donors (Lipinski definition) is 2. The van der Waals surface area contributed by atoms with Gasteiger partial charge in [-0.25, -0.2) is 9.38 Å². The summed E-state index contributed by atoms with van der Waals surface area (Å²) in [7, 11) is 0. The van der Waals surface area contributed by atoms with Crippen molar-refractivity contribution in [3.63, 3.8) is 0 Å². The average Bonchev–Trinajstić information content (AvgIpc) is 2.61. The molecule has 25 heavy (non-hydrogen) atoms. The van der Waals surface area contributed by atoms with E-state index in [9.17, 15) is 4.39 Å². The molecule has 0 aromatic heterocycles. The van der Waals surface area contributed by atoms with E-state index in [0.717, 1.165) is 50.7 Å². The fourth-order valence-electron chi connectivity index (χ4n) is 2.76. The molecule has 0 saturated carbocycles. The van der Waals surface area contributed by atoms with Crippen LogP contribution in [0.15, 0.2) is 23.2 Å². The van der Waals surface area contributed by atoms with Crippen LogP contribution in [-0.2, 0) is 11.3 Å². The molecular formula is C18H29FIN3OS. The smallest absolute Gasteiger partial charge is 0.191 e. The van der Waals surface area contributed by atoms with Gasteiger partial charge in [0.25, 0.3) is 0 Å². The van der Waals surface area contributed by atoms with E-state index in [0.29, 0.717) is 12.1 Å². The minimum Gasteiger partial charge on any atom is -0.381 e. The molecule has 1 saturated heterocycles. The third-order valence-corrected chi connectivity index (χ3v) is 5.82. The van der Waals surface area contributed by atoms with Crippen LogP contribution in [0.25, 0.3) is 0 Å². The van der Waals surface area contributed by atoms with E-state index in [1.807, 2.05) is 17.8 Å². The Morgan fingerprint density at radius 2 is 2.04 bits per heavy atom. The molecular weight excluding hydrogens is 452 g/mol. The Bertz CT molecular complexity index is 565. The van der Waals surface area contributed by atoms with E-state index >= 15 is 0 Å². The van der Waals surface area contributed by atoms with Crippen molar-refractivity contribution in [2.45, 2.75) is 38.0 Å². The Morgan fingerprint density at radius 3 is 2.64 bits per heavy atom. The molecule has 0 amide bonds. The summed E-state index contributed by atoms with van der Waals surface area (Å²) in [4.78, 5) is 4.64. The highest BCUT2D eigenvalue weighted by Crippen LogP contribution is 2.32. The van der Waals surface area contributed by atoms with Gasteiger partial charge < -0.3 is 15.4 Å². The van der Waals surface area contributed by atoms with E-state index in [1.165, 1.54) is 6.07 Å². The summed E-state index contributed by atoms with van der Waals surface area (Å²) in [6, 6.07) is 5.15. The number of benzene rings is 1. The fraction of sp³-hybridized carbons (Fsp3) is 0.611. The van der Waals surface area contributed by atoms with Gasteiger partial charge in [0.15, 0.2) is 5.96 Å². The van der Waals surface area contributed by atoms with Gasteiger partial charge in [0.05, 0.1) is 6.54 Å². The van der Waals surface area contributed by atoms with E-state index in [4.69, 9.17) is 4.74 Å². The first-order valence-corrected chi connectivity index (χ1v) is 9.71. The highest BCUT2D eigenvalue weighted by Gasteiger charge is 2.31. The first kappa shape index (κ1) is 22.5. The number of nitrogens with zero attached hydrogens (tertiary/aromatic N) is 1. The molecule has 2 N–H and O–H groups in total. The molecule has 1 aromatic carbocycles. The Labute approximate surface area is 171 Å². The van der Waals surface area contributed by atoms with Crippen LogP contribution in [0, 0.1) is 12.7 Å². The average molecular weight is 481 g/mol. The van der Waals surface area contributed by atoms with Crippen molar-refractivity contribution in [2.24, 2.45) is 4.99 Å². The number of guanidine groups is 1. The van der Waals surface area contributed by atoms with Crippen molar-refractivity contribution < 1.29 is 9.13 Å². The van der Waals surface area contributed by atoms with Crippen LogP contribution >= 0.6 is 35.7 Å². The second-order valence-corrected chi connectivity index (χ2v) is 7.41. The SMILES string of the molecule is CCNC(=NCc1ccc(F)c(C)c1)NCC1(SC)CCOCC1.I. The predicted octanol–water partition coefficient (Wildman–Crippen LogP) is 3.72. The molecule has 2 rings (SSSR count). The molecule has 1 aliphatic rings. The van der Waals surface area contributed by atoms with Crippen LogP contribution in [0.1, 0.15) is 30.9 Å². The summed E-state index contributed by atoms with van der Waals surface area (Å²) >= 11 is 1.90. The van der Waals surface area contributed by atoms with Gasteiger partial charge in [-0.15, -0.1) is 24.0 Å². The fourth-order valence-corrected chi connectivity index (χ4v) is 3.55. The van der Waals surface area contributed by atoms with Gasteiger partial charge in [-0.1, -0.05) is 12.1 Å². The predicted molar refractivity (Wildman–Crippen MR) is 116 cm³/mol. The zero-order valence-electron chi connectivity index (χ0n) is 15.2. The van der Waals surface area contributed by atoms with Gasteiger partial charge in [0, 0.05) is 31.1 Å². The van der Waals surface area contributed by atoms with Crippen LogP contribution in [-0.4, -0.2) is 43.3 Å². The molecule has 4 nitrogen and oxygen atoms in total. The molecule has 1 aliphatic heterocycles. The van der Waals surface area contributed by atoms with Gasteiger partial charge >= 0.3 is 0 Å². The number of halogens is 2. The zero-order chi connectivity index (χ0) is 17.4. The number of nitrogens with one attached hydrogen (secondary N) is 2. The minimum atomic E-state index is -0.172. The topological polar surface area (TPSA) is 45.7 Å². The van der Waals surface area contributed by atoms with E-state index in [1.54, 1.807) is 13.0 Å². The molecule has 0 radical (unpaired) electrons. The lowest BCUT2D eigenvalue weighted by Gasteiger charge is -2.36. The van der Waals surface area contributed by atoms with Gasteiger partial charge in [-0.05, 0) is 50.1 Å². The molecule has 0 spiro atoms. The second kappa shape index (κ2) is 11.2. The number of aryl methyl sites for hydroxylation is 1. The van der Waals surface area contributed by atoms with Crippen molar-refractivity contribution in [2.75, 3.05) is 32.6 Å². The zero-order valence-corrected chi connectivity index (χ0v) is 18.4. The Balaban J connectivity index is 0.00000312. The maximum absolute atomic E-state index is 13.4. The number of rotatable bonds is 6. The minimum absolute atomic E-state index is 0. The van der Waals surface area contributed by atoms with Crippen molar-refractivity contribution in [1.29, 1.82) is 0 Å². The Kier molecular flexibility index (Phi) is 10.1. The van der Waals surface area contributed by atoms with Crippen LogP contribution in [0.2, 0.25) is 0 Å². The molecule has 1 heterocycles. The van der Waals surface area contributed by atoms with Crippen LogP contribution in [0.4, 0.5) is 4.39 Å². The summed E-state index contributed by atoms with van der Waals surface area (Å²) in [5.41, 5.74) is 1.67. The summed E-state index contributed by atoms with van der Waals surface area (Å²) in [5.74, 6) is 0.633. The van der Waals surface area contributed by atoms with Crippen LogP contribution in [0.3, 0.4) is 0 Å². The van der Waals surface area contributed by atoms with E-state index < -0.39 is 0 Å². The van der Waals surface area contributed by atoms with Crippen molar-refractivity contribution in [3.05, 3.63) is 35.1 Å². The maximum Gasteiger partial charge on any atom is 0.191 e. The number of aliphatic imine (C=N–C) groups is 1. The lowest BCUT2D eigenvalue weighted by molar-refractivity contribution is 0.0783. The standard InChI is InChI=1S/C18H28FN3OS.HI/c1-4-20-17(21-12-15-5-6-16(19)14(2)11-15)22-13-18(24-3)7-9-23-10-8-18;/h5-6,11H,4,7-10,12-13H2,1-3H3,(H2,20,21,22);1H. The lowest BCUT2D eigenvalue weighted by Crippen LogP contribution is -2.47. The Morgan fingerprint density at radius 1 is 1.32 bits per heavy atom. The number of ether oxygens (including phenoxy) is 1. The molecule has 1 fully saturated rings. The Hall–Kier alpha value is -0.540. The van der Waals surface area contributed by atoms with Crippen molar-refractivity contribution in [3.8, 4) is 0 Å². The summed E-state index contributed by atoms with van der Waals surface area (Å²) in [6.45, 7) is 7.69. The first-order valence-electron chi connectivity index (χ1n) is 8.49. The van der Waals surface area contributed by atoms with Crippen molar-refractivity contribution >= 4 is 41.7 Å². The monoisotopic (exact) mass is 481 g/mol. The van der Waals surface area contributed by atoms with Gasteiger partial charge in [0.2, 0.25) is 0 Å². The third-order valence-electron chi connectivity index (χ3n) is 4.40. The molecule has 0 aliphatic carbocycles. The van der Waals surface area contributed by atoms with E-state index in [2.05, 4.69) is 28.8 Å². The third kappa shape index (κ3) is 6.94. The van der Waals surface area contributed by atoms with Gasteiger partial charge in [0.1, 0.15) is 5.82 Å². The number of hydrogen-bond acceptors (Lipinski definition) is 3. The molecule has 0 bridgehead atoms. The van der Waals surface area contributed by atoms with Gasteiger partial charge in [-0.2, -0.15) is 11.8 Å². The van der Waals surface area contributed by atoms with Gasteiger partial charge in [-0.3, -0.25) is 0 Å². The molecule has 1 aromatic rings. The van der Waals surface area contributed by atoms with Crippen LogP contribution < -0.4 is 10.6 Å². The quantitative estimate of drug-likeness (QED) is 0.370. The summed E-state index contributed by atoms with van der Waals surface area (Å²) in [6.07, 6.45) is 4.27. The molecule has 7 heteroatoms.